The third-order valence-corrected chi connectivity index (χ3v) is 9.08. The van der Waals surface area contributed by atoms with Crippen LogP contribution in [-0.2, 0) is 34.8 Å². The molecule has 3 heterocycles. The van der Waals surface area contributed by atoms with Gasteiger partial charge in [0, 0.05) is 19.6 Å². The van der Waals surface area contributed by atoms with Gasteiger partial charge in [-0.05, 0) is 26.3 Å². The molecule has 14 heteroatoms. The van der Waals surface area contributed by atoms with Gasteiger partial charge < -0.3 is 25.5 Å². The molecule has 3 aliphatic heterocycles. The number of carboxylic acid groups (broad SMARTS) is 1. The maximum Gasteiger partial charge on any atom is 0.328 e. The highest BCUT2D eigenvalue weighted by atomic mass is 32.2. The highest BCUT2D eigenvalue weighted by Gasteiger charge is 2.68. The number of fused-ring (bicyclic) bond motifs is 1. The minimum Gasteiger partial charge on any atom is -0.480 e. The summed E-state index contributed by atoms with van der Waals surface area (Å²) in [5.41, 5.74) is 0.333. The van der Waals surface area contributed by atoms with Crippen LogP contribution in [0.1, 0.15) is 32.4 Å². The summed E-state index contributed by atoms with van der Waals surface area (Å²) in [6.45, 7) is 5.07. The molecular formula is C23H27N5O8S. The second kappa shape index (κ2) is 9.57. The Morgan fingerprint density at radius 3 is 2.35 bits per heavy atom. The van der Waals surface area contributed by atoms with Crippen LogP contribution in [-0.4, -0.2) is 101 Å². The van der Waals surface area contributed by atoms with E-state index in [1.807, 2.05) is 0 Å². The first-order valence-corrected chi connectivity index (χ1v) is 12.8. The summed E-state index contributed by atoms with van der Waals surface area (Å²) in [6.07, 6.45) is 0. The number of urea groups is 1. The fraction of sp³-hybridized carbons (Fsp3) is 0.478. The average molecular weight is 534 g/mol. The van der Waals surface area contributed by atoms with Gasteiger partial charge in [0.25, 0.3) is 0 Å². The molecular weight excluding hydrogens is 506 g/mol. The van der Waals surface area contributed by atoms with Crippen molar-refractivity contribution in [2.24, 2.45) is 0 Å². The van der Waals surface area contributed by atoms with Crippen molar-refractivity contribution >= 4 is 46.4 Å². The topological polar surface area (TPSA) is 173 Å². The van der Waals surface area contributed by atoms with Crippen molar-refractivity contribution in [2.75, 3.05) is 19.6 Å². The zero-order chi connectivity index (χ0) is 27.2. The number of nitrogens with one attached hydrogen (secondary N) is 2. The van der Waals surface area contributed by atoms with E-state index in [9.17, 15) is 38.1 Å². The number of amides is 6. The van der Waals surface area contributed by atoms with Gasteiger partial charge in [0.2, 0.25) is 11.8 Å². The van der Waals surface area contributed by atoms with Crippen LogP contribution >= 0.6 is 0 Å². The highest BCUT2D eigenvalue weighted by molar-refractivity contribution is 7.87. The van der Waals surface area contributed by atoms with Crippen LogP contribution < -0.4 is 10.6 Å². The zero-order valence-electron chi connectivity index (χ0n) is 20.4. The Labute approximate surface area is 214 Å². The van der Waals surface area contributed by atoms with Crippen LogP contribution in [0.25, 0.3) is 0 Å². The minimum atomic E-state index is -1.80. The van der Waals surface area contributed by atoms with Gasteiger partial charge in [-0.15, -0.1) is 0 Å². The van der Waals surface area contributed by atoms with E-state index in [1.54, 1.807) is 37.3 Å². The first kappa shape index (κ1) is 26.3. The summed E-state index contributed by atoms with van der Waals surface area (Å²) in [6, 6.07) is 3.16. The number of carbonyl (C=O) groups is 6. The normalized spacial score (nSPS) is 27.3. The first-order chi connectivity index (χ1) is 17.4. The van der Waals surface area contributed by atoms with Crippen molar-refractivity contribution in [3.8, 4) is 0 Å². The average Bonchev–Trinajstić information content (AvgIpc) is 3.05. The number of β-lactam (4-membered cyclic amide) rings is 1. The molecule has 1 aromatic rings. The van der Waals surface area contributed by atoms with E-state index >= 15 is 0 Å². The van der Waals surface area contributed by atoms with E-state index < -0.39 is 74.7 Å². The summed E-state index contributed by atoms with van der Waals surface area (Å²) in [7, 11) is -1.80. The number of hydrogen-bond acceptors (Lipinski definition) is 7. The number of benzene rings is 1. The van der Waals surface area contributed by atoms with Crippen LogP contribution in [0.3, 0.4) is 0 Å². The van der Waals surface area contributed by atoms with Crippen LogP contribution in [0.15, 0.2) is 30.3 Å². The molecule has 198 valence electrons. The Morgan fingerprint density at radius 2 is 1.76 bits per heavy atom. The van der Waals surface area contributed by atoms with Gasteiger partial charge in [-0.2, -0.15) is 0 Å². The summed E-state index contributed by atoms with van der Waals surface area (Å²) in [5.74, 6) is -4.66. The van der Waals surface area contributed by atoms with Crippen LogP contribution in [0.4, 0.5) is 4.79 Å². The molecule has 4 rings (SSSR count). The Bertz CT molecular complexity index is 1200. The van der Waals surface area contributed by atoms with Crippen molar-refractivity contribution in [2.45, 2.75) is 49.0 Å². The highest BCUT2D eigenvalue weighted by Crippen LogP contribution is 2.43. The SMILES string of the molecule is CCN1CCN(C(=O)NC(C(=O)NC2C(=O)N3C2S(=O)C(C)(C)C3C(=O)O)c2ccccc2)C(=O)C1=O. The lowest BCUT2D eigenvalue weighted by Crippen LogP contribution is -2.72. The summed E-state index contributed by atoms with van der Waals surface area (Å²) >= 11 is 0. The van der Waals surface area contributed by atoms with Crippen LogP contribution in [0, 0.1) is 0 Å². The van der Waals surface area contributed by atoms with Crippen LogP contribution in [0.5, 0.6) is 0 Å². The number of piperazine rings is 1. The number of carbonyl (C=O) groups excluding carboxylic acids is 5. The quantitative estimate of drug-likeness (QED) is 0.301. The Hall–Kier alpha value is -3.81. The van der Waals surface area contributed by atoms with Crippen LogP contribution in [0.2, 0.25) is 0 Å². The van der Waals surface area contributed by atoms with E-state index in [0.717, 1.165) is 9.80 Å². The van der Waals surface area contributed by atoms with Gasteiger partial charge in [-0.25, -0.2) is 9.59 Å². The van der Waals surface area contributed by atoms with Crippen molar-refractivity contribution < 1.29 is 38.1 Å². The summed E-state index contributed by atoms with van der Waals surface area (Å²) in [4.78, 5) is 78.6. The monoisotopic (exact) mass is 533 g/mol. The molecule has 3 aliphatic rings. The van der Waals surface area contributed by atoms with E-state index in [1.165, 1.54) is 18.7 Å². The fourth-order valence-electron chi connectivity index (χ4n) is 4.85. The molecule has 5 unspecified atom stereocenters. The van der Waals surface area contributed by atoms with E-state index in [4.69, 9.17) is 0 Å². The maximum absolute atomic E-state index is 13.3. The smallest absolute Gasteiger partial charge is 0.328 e. The summed E-state index contributed by atoms with van der Waals surface area (Å²) < 4.78 is 11.8. The number of carboxylic acids is 1. The molecule has 3 N–H and O–H groups in total. The first-order valence-electron chi connectivity index (χ1n) is 11.6. The number of likely N-dealkylation sites (N-methyl/N-ethyl adjacent to an activating group) is 1. The maximum atomic E-state index is 13.3. The zero-order valence-corrected chi connectivity index (χ0v) is 21.2. The van der Waals surface area contributed by atoms with Gasteiger partial charge >= 0.3 is 23.8 Å². The largest absolute Gasteiger partial charge is 0.480 e. The molecule has 3 saturated heterocycles. The summed E-state index contributed by atoms with van der Waals surface area (Å²) in [5, 5.41) is 13.5. The molecule has 0 bridgehead atoms. The predicted octanol–water partition coefficient (Wildman–Crippen LogP) is -1.22. The Morgan fingerprint density at radius 1 is 1.11 bits per heavy atom. The van der Waals surface area contributed by atoms with Gasteiger partial charge in [0.1, 0.15) is 23.5 Å². The van der Waals surface area contributed by atoms with Crippen molar-refractivity contribution in [1.29, 1.82) is 0 Å². The molecule has 6 amide bonds. The molecule has 0 aliphatic carbocycles. The molecule has 5 atom stereocenters. The van der Waals surface area contributed by atoms with Crippen molar-refractivity contribution in [3.05, 3.63) is 35.9 Å². The van der Waals surface area contributed by atoms with Crippen molar-refractivity contribution in [3.63, 3.8) is 0 Å². The predicted molar refractivity (Wildman–Crippen MR) is 128 cm³/mol. The van der Waals surface area contributed by atoms with E-state index in [2.05, 4.69) is 10.6 Å². The molecule has 0 spiro atoms. The van der Waals surface area contributed by atoms with Crippen molar-refractivity contribution in [1.82, 2.24) is 25.3 Å². The van der Waals surface area contributed by atoms with E-state index in [-0.39, 0.29) is 13.1 Å². The van der Waals surface area contributed by atoms with Gasteiger partial charge in [0.15, 0.2) is 0 Å². The lowest BCUT2D eigenvalue weighted by atomic mass is 9.95. The minimum absolute atomic E-state index is 0.0594. The Balaban J connectivity index is 1.54. The number of imide groups is 1. The molecule has 0 radical (unpaired) electrons. The van der Waals surface area contributed by atoms with E-state index in [0.29, 0.717) is 12.1 Å². The lowest BCUT2D eigenvalue weighted by Gasteiger charge is -2.43. The number of nitrogens with zero attached hydrogens (tertiary/aromatic N) is 3. The standard InChI is InChI=1S/C23H27N5O8S/c1-4-26-10-11-27(19(32)18(26)31)22(35)25-13(12-8-6-5-7-9-12)16(29)24-14-17(30)28-15(21(33)34)23(2,3)37(36)20(14)28/h5-9,13-15,20H,4,10-11H2,1-3H3,(H,24,29)(H,25,35)(H,33,34). The molecule has 37 heavy (non-hydrogen) atoms. The third-order valence-electron chi connectivity index (χ3n) is 6.88. The lowest BCUT2D eigenvalue weighted by molar-refractivity contribution is -0.161. The van der Waals surface area contributed by atoms with Gasteiger partial charge in [-0.3, -0.25) is 28.3 Å². The molecule has 0 saturated carbocycles. The second-order valence-electron chi connectivity index (χ2n) is 9.40. The molecule has 3 fully saturated rings. The molecule has 0 aromatic heterocycles. The van der Waals surface area contributed by atoms with Gasteiger partial charge in [0.05, 0.1) is 15.5 Å². The Kier molecular flexibility index (Phi) is 6.79. The number of rotatable bonds is 6. The number of hydrogen-bond donors (Lipinski definition) is 3. The second-order valence-corrected chi connectivity index (χ2v) is 11.5. The molecule has 13 nitrogen and oxygen atoms in total. The fourth-order valence-corrected chi connectivity index (χ4v) is 6.77. The molecule has 1 aromatic carbocycles. The third kappa shape index (κ3) is 4.24. The van der Waals surface area contributed by atoms with Gasteiger partial charge in [-0.1, -0.05) is 30.3 Å². The number of aliphatic carboxylic acids is 1.